The van der Waals surface area contributed by atoms with Gasteiger partial charge in [-0.2, -0.15) is 0 Å². The SMILES string of the molecule is CCOC(=O)C1CC1c1nc2ccc(I)cn2c1C. The summed E-state index contributed by atoms with van der Waals surface area (Å²) in [7, 11) is 0. The Morgan fingerprint density at radius 1 is 1.58 bits per heavy atom. The molecule has 0 N–H and O–H groups in total. The van der Waals surface area contributed by atoms with Gasteiger partial charge in [0.2, 0.25) is 0 Å². The number of nitrogens with zero attached hydrogens (tertiary/aromatic N) is 2. The van der Waals surface area contributed by atoms with Crippen LogP contribution in [-0.2, 0) is 9.53 Å². The van der Waals surface area contributed by atoms with Crippen molar-refractivity contribution in [3.8, 4) is 0 Å². The molecule has 0 saturated heterocycles. The lowest BCUT2D eigenvalue weighted by atomic mass is 10.2. The summed E-state index contributed by atoms with van der Waals surface area (Å²) < 4.78 is 8.35. The van der Waals surface area contributed by atoms with Crippen LogP contribution in [0.2, 0.25) is 0 Å². The van der Waals surface area contributed by atoms with Crippen molar-refractivity contribution in [2.75, 3.05) is 6.61 Å². The summed E-state index contributed by atoms with van der Waals surface area (Å²) in [4.78, 5) is 16.4. The number of pyridine rings is 1. The monoisotopic (exact) mass is 370 g/mol. The third-order valence-corrected chi connectivity index (χ3v) is 4.23. The van der Waals surface area contributed by atoms with Crippen LogP contribution in [-0.4, -0.2) is 22.0 Å². The van der Waals surface area contributed by atoms with Gasteiger partial charge in [-0.05, 0) is 55.0 Å². The molecule has 0 aliphatic heterocycles. The van der Waals surface area contributed by atoms with E-state index in [9.17, 15) is 4.79 Å². The number of carbonyl (C=O) groups excluding carboxylic acids is 1. The van der Waals surface area contributed by atoms with Crippen molar-refractivity contribution in [2.45, 2.75) is 26.2 Å². The minimum Gasteiger partial charge on any atom is -0.466 e. The van der Waals surface area contributed by atoms with Crippen molar-refractivity contribution in [2.24, 2.45) is 5.92 Å². The lowest BCUT2D eigenvalue weighted by Crippen LogP contribution is -2.07. The van der Waals surface area contributed by atoms with E-state index in [4.69, 9.17) is 4.74 Å². The molecule has 1 aliphatic rings. The topological polar surface area (TPSA) is 43.6 Å². The number of aromatic nitrogens is 2. The zero-order chi connectivity index (χ0) is 13.6. The van der Waals surface area contributed by atoms with Gasteiger partial charge < -0.3 is 9.14 Å². The zero-order valence-corrected chi connectivity index (χ0v) is 13.0. The van der Waals surface area contributed by atoms with Gasteiger partial charge in [-0.1, -0.05) is 0 Å². The van der Waals surface area contributed by atoms with E-state index in [-0.39, 0.29) is 17.8 Å². The molecule has 2 heterocycles. The fourth-order valence-corrected chi connectivity index (χ4v) is 2.97. The van der Waals surface area contributed by atoms with Crippen LogP contribution in [0.15, 0.2) is 18.3 Å². The van der Waals surface area contributed by atoms with Crippen LogP contribution < -0.4 is 0 Å². The van der Waals surface area contributed by atoms with E-state index >= 15 is 0 Å². The van der Waals surface area contributed by atoms with Gasteiger partial charge in [-0.15, -0.1) is 0 Å². The minimum atomic E-state index is -0.0847. The van der Waals surface area contributed by atoms with E-state index in [0.717, 1.165) is 23.5 Å². The normalized spacial score (nSPS) is 21.6. The molecule has 100 valence electrons. The van der Waals surface area contributed by atoms with Crippen molar-refractivity contribution >= 4 is 34.2 Å². The van der Waals surface area contributed by atoms with Gasteiger partial charge in [0.1, 0.15) is 5.65 Å². The number of hydrogen-bond donors (Lipinski definition) is 0. The molecule has 19 heavy (non-hydrogen) atoms. The first kappa shape index (κ1) is 12.9. The van der Waals surface area contributed by atoms with Crippen molar-refractivity contribution in [3.05, 3.63) is 33.3 Å². The van der Waals surface area contributed by atoms with E-state index < -0.39 is 0 Å². The lowest BCUT2D eigenvalue weighted by molar-refractivity contribution is -0.144. The van der Waals surface area contributed by atoms with Crippen LogP contribution >= 0.6 is 22.6 Å². The Morgan fingerprint density at radius 2 is 2.37 bits per heavy atom. The number of rotatable bonds is 3. The lowest BCUT2D eigenvalue weighted by Gasteiger charge is -2.00. The summed E-state index contributed by atoms with van der Waals surface area (Å²) in [5.41, 5.74) is 3.12. The molecule has 2 aromatic rings. The van der Waals surface area contributed by atoms with Crippen LogP contribution in [0.3, 0.4) is 0 Å². The average molecular weight is 370 g/mol. The quantitative estimate of drug-likeness (QED) is 0.617. The Labute approximate surface area is 125 Å². The fraction of sp³-hybridized carbons (Fsp3) is 0.429. The molecule has 0 bridgehead atoms. The number of imidazole rings is 1. The maximum atomic E-state index is 11.7. The molecule has 4 nitrogen and oxygen atoms in total. The molecule has 2 aromatic heterocycles. The third-order valence-electron chi connectivity index (χ3n) is 3.59. The van der Waals surface area contributed by atoms with Gasteiger partial charge >= 0.3 is 5.97 Å². The van der Waals surface area contributed by atoms with Gasteiger partial charge in [0, 0.05) is 21.4 Å². The Hall–Kier alpha value is -1.11. The van der Waals surface area contributed by atoms with E-state index in [1.165, 1.54) is 3.57 Å². The minimum absolute atomic E-state index is 0.00244. The number of ether oxygens (including phenoxy) is 1. The summed E-state index contributed by atoms with van der Waals surface area (Å²) in [6.07, 6.45) is 2.93. The van der Waals surface area contributed by atoms with Crippen molar-refractivity contribution in [1.82, 2.24) is 9.38 Å². The molecule has 2 unspecified atom stereocenters. The Bertz CT molecular complexity index is 650. The average Bonchev–Trinajstić information content (AvgIpc) is 3.11. The Kier molecular flexibility index (Phi) is 3.24. The number of halogens is 1. The molecule has 0 spiro atoms. The molecular weight excluding hydrogens is 355 g/mol. The number of esters is 1. The summed E-state index contributed by atoms with van der Waals surface area (Å²) in [6, 6.07) is 4.06. The second-order valence-electron chi connectivity index (χ2n) is 4.86. The fourth-order valence-electron chi connectivity index (χ4n) is 2.51. The second-order valence-corrected chi connectivity index (χ2v) is 6.10. The number of hydrogen-bond acceptors (Lipinski definition) is 3. The van der Waals surface area contributed by atoms with E-state index in [0.29, 0.717) is 6.61 Å². The Morgan fingerprint density at radius 3 is 3.11 bits per heavy atom. The molecule has 2 atom stereocenters. The summed E-state index contributed by atoms with van der Waals surface area (Å²) in [5.74, 6) is 0.151. The summed E-state index contributed by atoms with van der Waals surface area (Å²) >= 11 is 2.29. The van der Waals surface area contributed by atoms with Gasteiger partial charge in [0.05, 0.1) is 18.2 Å². The van der Waals surface area contributed by atoms with E-state index in [2.05, 4.69) is 45.1 Å². The van der Waals surface area contributed by atoms with Crippen LogP contribution in [0.25, 0.3) is 5.65 Å². The predicted octanol–water partition coefficient (Wildman–Crippen LogP) is 2.91. The molecule has 3 rings (SSSR count). The predicted molar refractivity (Wildman–Crippen MR) is 80.1 cm³/mol. The highest BCUT2D eigenvalue weighted by Crippen LogP contribution is 2.48. The van der Waals surface area contributed by atoms with Crippen molar-refractivity contribution in [3.63, 3.8) is 0 Å². The maximum absolute atomic E-state index is 11.7. The van der Waals surface area contributed by atoms with Gasteiger partial charge in [-0.25, -0.2) is 4.98 Å². The largest absolute Gasteiger partial charge is 0.466 e. The van der Waals surface area contributed by atoms with Crippen LogP contribution in [0, 0.1) is 16.4 Å². The van der Waals surface area contributed by atoms with Crippen LogP contribution in [0.5, 0.6) is 0 Å². The molecule has 0 radical (unpaired) electrons. The first-order valence-electron chi connectivity index (χ1n) is 6.42. The molecule has 1 aliphatic carbocycles. The third kappa shape index (κ3) is 2.24. The second kappa shape index (κ2) is 4.77. The van der Waals surface area contributed by atoms with Crippen molar-refractivity contribution in [1.29, 1.82) is 0 Å². The van der Waals surface area contributed by atoms with Crippen LogP contribution in [0.1, 0.15) is 30.7 Å². The molecule has 0 aromatic carbocycles. The first-order valence-corrected chi connectivity index (χ1v) is 7.50. The molecule has 0 amide bonds. The van der Waals surface area contributed by atoms with E-state index in [1.807, 2.05) is 19.1 Å². The van der Waals surface area contributed by atoms with Crippen LogP contribution in [0.4, 0.5) is 0 Å². The number of fused-ring (bicyclic) bond motifs is 1. The smallest absolute Gasteiger partial charge is 0.309 e. The number of carbonyl (C=O) groups is 1. The van der Waals surface area contributed by atoms with Gasteiger partial charge in [0.15, 0.2) is 0 Å². The summed E-state index contributed by atoms with van der Waals surface area (Å²) in [6.45, 7) is 4.35. The molecular formula is C14H15IN2O2. The first-order chi connectivity index (χ1) is 9.11. The highest BCUT2D eigenvalue weighted by Gasteiger charge is 2.47. The zero-order valence-electron chi connectivity index (χ0n) is 10.9. The molecule has 5 heteroatoms. The standard InChI is InChI=1S/C14H15IN2O2/c1-3-19-14(18)11-6-10(11)13-8(2)17-7-9(15)4-5-12(17)16-13/h4-5,7,10-11H,3,6H2,1-2H3. The summed E-state index contributed by atoms with van der Waals surface area (Å²) in [5, 5.41) is 0. The molecule has 1 saturated carbocycles. The highest BCUT2D eigenvalue weighted by molar-refractivity contribution is 14.1. The van der Waals surface area contributed by atoms with Crippen molar-refractivity contribution < 1.29 is 9.53 Å². The highest BCUT2D eigenvalue weighted by atomic mass is 127. The van der Waals surface area contributed by atoms with Gasteiger partial charge in [0.25, 0.3) is 0 Å². The Balaban J connectivity index is 1.91. The van der Waals surface area contributed by atoms with E-state index in [1.54, 1.807) is 0 Å². The number of aryl methyl sites for hydroxylation is 1. The van der Waals surface area contributed by atoms with Gasteiger partial charge in [-0.3, -0.25) is 4.79 Å². The molecule has 1 fully saturated rings. The maximum Gasteiger partial charge on any atom is 0.309 e.